The summed E-state index contributed by atoms with van der Waals surface area (Å²) in [6, 6.07) is 7.61. The van der Waals surface area contributed by atoms with E-state index >= 15 is 0 Å². The van der Waals surface area contributed by atoms with Crippen LogP contribution < -0.4 is 10.6 Å². The smallest absolute Gasteiger partial charge is 0.295 e. The molecule has 0 spiro atoms. The summed E-state index contributed by atoms with van der Waals surface area (Å²) in [7, 11) is 0. The number of hydrogen-bond acceptors (Lipinski definition) is 7. The maximum atomic E-state index is 13.4. The lowest BCUT2D eigenvalue weighted by Gasteiger charge is -2.26. The van der Waals surface area contributed by atoms with Crippen LogP contribution in [0.2, 0.25) is 0 Å². The predicted molar refractivity (Wildman–Crippen MR) is 135 cm³/mol. The van der Waals surface area contributed by atoms with E-state index in [1.165, 1.54) is 18.3 Å². The molecule has 4 heterocycles. The molecule has 1 saturated heterocycles. The maximum absolute atomic E-state index is 13.4. The Kier molecular flexibility index (Phi) is 6.26. The average Bonchev–Trinajstić information content (AvgIpc) is 3.34. The number of carbonyl (C=O) groups excluding carboxylic acids is 2. The maximum Gasteiger partial charge on any atom is 0.295 e. The number of aromatic nitrogens is 4. The zero-order valence-corrected chi connectivity index (χ0v) is 19.6. The number of aromatic amines is 1. The monoisotopic (exact) mass is 485 g/mol. The topological polar surface area (TPSA) is 116 Å². The molecule has 1 aliphatic heterocycles. The molecule has 3 aromatic heterocycles. The van der Waals surface area contributed by atoms with Crippen molar-refractivity contribution in [2.45, 2.75) is 6.92 Å². The van der Waals surface area contributed by atoms with E-state index < -0.39 is 11.7 Å². The Labute approximate surface area is 206 Å². The van der Waals surface area contributed by atoms with Gasteiger partial charge in [0.25, 0.3) is 11.7 Å². The fraction of sp³-hybridized carbons (Fsp3) is 0.192. The zero-order chi connectivity index (χ0) is 25.2. The summed E-state index contributed by atoms with van der Waals surface area (Å²) in [5, 5.41) is 6.95. The van der Waals surface area contributed by atoms with Gasteiger partial charge in [0.2, 0.25) is 0 Å². The predicted octanol–water partition coefficient (Wildman–Crippen LogP) is 3.55. The van der Waals surface area contributed by atoms with Gasteiger partial charge in [0.05, 0.1) is 16.6 Å². The van der Waals surface area contributed by atoms with Crippen LogP contribution in [0.15, 0.2) is 55.5 Å². The fourth-order valence-corrected chi connectivity index (χ4v) is 4.12. The molecule has 0 saturated carbocycles. The van der Waals surface area contributed by atoms with E-state index in [0.29, 0.717) is 65.7 Å². The molecule has 0 atom stereocenters. The number of Topliss-reactive ketones (excluding diaryl/α,β-unsaturated/α-hetero) is 1. The molecule has 3 N–H and O–H groups in total. The van der Waals surface area contributed by atoms with Crippen molar-refractivity contribution in [3.05, 3.63) is 72.4 Å². The Hall–Kier alpha value is -4.44. The Morgan fingerprint density at radius 1 is 1.08 bits per heavy atom. The van der Waals surface area contributed by atoms with Gasteiger partial charge < -0.3 is 20.5 Å². The lowest BCUT2D eigenvalue weighted by Crippen LogP contribution is -2.48. The van der Waals surface area contributed by atoms with E-state index in [4.69, 9.17) is 0 Å². The second kappa shape index (κ2) is 9.67. The number of H-pyrrole nitrogens is 1. The van der Waals surface area contributed by atoms with Gasteiger partial charge >= 0.3 is 0 Å². The van der Waals surface area contributed by atoms with Crippen molar-refractivity contribution in [3.8, 4) is 11.4 Å². The fourth-order valence-electron chi connectivity index (χ4n) is 4.12. The lowest BCUT2D eigenvalue weighted by molar-refractivity contribution is -0.126. The first-order valence-corrected chi connectivity index (χ1v) is 11.5. The Balaban J connectivity index is 1.54. The van der Waals surface area contributed by atoms with Crippen molar-refractivity contribution in [2.75, 3.05) is 31.5 Å². The highest BCUT2D eigenvalue weighted by Crippen LogP contribution is 2.32. The molecule has 1 amide bonds. The third kappa shape index (κ3) is 4.46. The van der Waals surface area contributed by atoms with Gasteiger partial charge in [0.1, 0.15) is 17.3 Å². The van der Waals surface area contributed by atoms with Crippen molar-refractivity contribution in [1.82, 2.24) is 30.2 Å². The molecule has 1 fully saturated rings. The largest absolute Gasteiger partial charge is 0.345 e. The number of nitrogens with zero attached hydrogens (tertiary/aromatic N) is 4. The minimum atomic E-state index is -0.603. The molecule has 4 aromatic rings. The highest BCUT2D eigenvalue weighted by atomic mass is 19.1. The number of pyridine rings is 1. The molecule has 9 nitrogen and oxygen atoms in total. The first-order chi connectivity index (χ1) is 17.4. The molecule has 5 rings (SSSR count). The molecule has 1 aromatic carbocycles. The van der Waals surface area contributed by atoms with Crippen LogP contribution in [-0.4, -0.2) is 62.7 Å². The first kappa shape index (κ1) is 23.3. The van der Waals surface area contributed by atoms with Crippen molar-refractivity contribution in [3.63, 3.8) is 0 Å². The van der Waals surface area contributed by atoms with E-state index in [1.54, 1.807) is 35.5 Å². The molecule has 0 radical (unpaired) electrons. The van der Waals surface area contributed by atoms with Crippen LogP contribution in [0.4, 0.5) is 15.9 Å². The minimum absolute atomic E-state index is 0.230. The van der Waals surface area contributed by atoms with Gasteiger partial charge in [-0.1, -0.05) is 6.58 Å². The number of nitrogens with one attached hydrogen (secondary N) is 3. The van der Waals surface area contributed by atoms with E-state index in [9.17, 15) is 14.0 Å². The van der Waals surface area contributed by atoms with Crippen LogP contribution in [0.1, 0.15) is 22.8 Å². The van der Waals surface area contributed by atoms with Crippen LogP contribution in [0.3, 0.4) is 0 Å². The zero-order valence-electron chi connectivity index (χ0n) is 19.6. The summed E-state index contributed by atoms with van der Waals surface area (Å²) in [6.45, 7) is 8.10. The van der Waals surface area contributed by atoms with Gasteiger partial charge in [-0.15, -0.1) is 0 Å². The number of carbonyl (C=O) groups is 2. The van der Waals surface area contributed by atoms with Crippen LogP contribution in [0.5, 0.6) is 0 Å². The lowest BCUT2D eigenvalue weighted by atomic mass is 10.1. The quantitative estimate of drug-likeness (QED) is 0.283. The van der Waals surface area contributed by atoms with E-state index in [-0.39, 0.29) is 11.4 Å². The average molecular weight is 486 g/mol. The molecule has 36 heavy (non-hydrogen) atoms. The van der Waals surface area contributed by atoms with Crippen LogP contribution >= 0.6 is 0 Å². The number of halogens is 1. The first-order valence-electron chi connectivity index (χ1n) is 11.5. The highest BCUT2D eigenvalue weighted by molar-refractivity contribution is 6.45. The standard InChI is InChI=1S/C26H24FN7O2/c1-15(2)18-13-30-23(16-3-5-17(27)6-4-16)33-24(18)32-20-7-8-29-25-21(20)19(14-31-25)22(35)26(36)34-11-9-28-10-12-34/h3-8,13-14,28H,1,9-12H2,2H3,(H2,29,30,31,32,33). The summed E-state index contributed by atoms with van der Waals surface area (Å²) in [6.07, 6.45) is 4.75. The van der Waals surface area contributed by atoms with Crippen molar-refractivity contribution in [2.24, 2.45) is 0 Å². The summed E-state index contributed by atoms with van der Waals surface area (Å²) in [5.74, 6) is -0.649. The van der Waals surface area contributed by atoms with Gasteiger partial charge in [0.15, 0.2) is 5.82 Å². The van der Waals surface area contributed by atoms with Crippen LogP contribution in [0.25, 0.3) is 28.0 Å². The van der Waals surface area contributed by atoms with Crippen LogP contribution in [-0.2, 0) is 4.79 Å². The molecule has 0 aliphatic carbocycles. The van der Waals surface area contributed by atoms with Crippen molar-refractivity contribution < 1.29 is 14.0 Å². The van der Waals surface area contributed by atoms with Crippen LogP contribution in [0, 0.1) is 5.82 Å². The third-order valence-corrected chi connectivity index (χ3v) is 6.02. The van der Waals surface area contributed by atoms with Gasteiger partial charge in [-0.3, -0.25) is 9.59 Å². The second-order valence-electron chi connectivity index (χ2n) is 8.52. The number of ketones is 1. The number of hydrogen-bond donors (Lipinski definition) is 3. The number of rotatable bonds is 6. The van der Waals surface area contributed by atoms with Gasteiger partial charge in [-0.05, 0) is 42.8 Å². The normalized spacial score (nSPS) is 13.6. The third-order valence-electron chi connectivity index (χ3n) is 6.02. The molecule has 1 aliphatic rings. The van der Waals surface area contributed by atoms with Crippen molar-refractivity contribution in [1.29, 1.82) is 0 Å². The number of anilines is 2. The molecule has 0 bridgehead atoms. The number of amides is 1. The van der Waals surface area contributed by atoms with Crippen molar-refractivity contribution >= 4 is 39.8 Å². The number of allylic oxidation sites excluding steroid dienone is 1. The van der Waals surface area contributed by atoms with E-state index in [0.717, 1.165) is 5.57 Å². The summed E-state index contributed by atoms with van der Waals surface area (Å²) >= 11 is 0. The van der Waals surface area contributed by atoms with E-state index in [1.807, 2.05) is 6.92 Å². The second-order valence-corrected chi connectivity index (χ2v) is 8.52. The molecular weight excluding hydrogens is 461 g/mol. The van der Waals surface area contributed by atoms with E-state index in [2.05, 4.69) is 37.1 Å². The molecule has 182 valence electrons. The highest BCUT2D eigenvalue weighted by Gasteiger charge is 2.28. The number of benzene rings is 1. The van der Waals surface area contributed by atoms with Gasteiger partial charge in [-0.2, -0.15) is 0 Å². The van der Waals surface area contributed by atoms with Gasteiger partial charge in [-0.25, -0.2) is 19.3 Å². The Morgan fingerprint density at radius 2 is 1.83 bits per heavy atom. The molecule has 0 unspecified atom stereocenters. The summed E-state index contributed by atoms with van der Waals surface area (Å²) in [5.41, 5.74) is 3.28. The minimum Gasteiger partial charge on any atom is -0.345 e. The SMILES string of the molecule is C=C(C)c1cnc(-c2ccc(F)cc2)nc1Nc1ccnc2[nH]cc(C(=O)C(=O)N3CCNCC3)c12. The molecule has 10 heteroatoms. The van der Waals surface area contributed by atoms with Gasteiger partial charge in [0, 0.05) is 55.9 Å². The molecular formula is C26H24FN7O2. The number of fused-ring (bicyclic) bond motifs is 1. The summed E-state index contributed by atoms with van der Waals surface area (Å²) < 4.78 is 13.4. The Morgan fingerprint density at radius 3 is 2.56 bits per heavy atom. The Bertz CT molecular complexity index is 1470. The summed E-state index contributed by atoms with van der Waals surface area (Å²) in [4.78, 5) is 44.1. The number of piperazine rings is 1.